The van der Waals surface area contributed by atoms with Gasteiger partial charge in [0.25, 0.3) is 11.6 Å². The van der Waals surface area contributed by atoms with Crippen molar-refractivity contribution in [1.82, 2.24) is 49.0 Å². The van der Waals surface area contributed by atoms with Crippen molar-refractivity contribution in [3.05, 3.63) is 103 Å². The van der Waals surface area contributed by atoms with E-state index in [1.165, 1.54) is 34.7 Å². The maximum atomic E-state index is 13.1. The van der Waals surface area contributed by atoms with Gasteiger partial charge >= 0.3 is 0 Å². The maximum Gasteiger partial charge on any atom is 0.253 e. The Labute approximate surface area is 326 Å². The second kappa shape index (κ2) is 15.6. The molecule has 0 bridgehead atoms. The zero-order chi connectivity index (χ0) is 36.5. The van der Waals surface area contributed by atoms with Crippen LogP contribution in [0.15, 0.2) is 67.8 Å². The Morgan fingerprint density at radius 1 is 0.596 bits per heavy atom. The minimum absolute atomic E-state index is 0.00585. The molecule has 0 spiro atoms. The smallest absolute Gasteiger partial charge is 0.253 e. The fourth-order valence-corrected chi connectivity index (χ4v) is 8.24. The number of thioether (sulfide) groups is 2. The van der Waals surface area contributed by atoms with E-state index in [2.05, 4.69) is 76.3 Å². The highest BCUT2D eigenvalue weighted by atomic mass is 79.9. The van der Waals surface area contributed by atoms with Gasteiger partial charge in [0.2, 0.25) is 22.1 Å². The number of piperazine rings is 1. The average Bonchev–Trinajstić information content (AvgIpc) is 3.75. The third kappa shape index (κ3) is 8.04. The van der Waals surface area contributed by atoms with Crippen molar-refractivity contribution in [2.75, 3.05) is 37.7 Å². The Hall–Kier alpha value is -3.86. The van der Waals surface area contributed by atoms with Crippen LogP contribution < -0.4 is 0 Å². The molecule has 1 saturated heterocycles. The third-order valence-corrected chi connectivity index (χ3v) is 12.0. The Bertz CT molecular complexity index is 2120. The van der Waals surface area contributed by atoms with E-state index in [4.69, 9.17) is 9.97 Å². The maximum absolute atomic E-state index is 13.1. The van der Waals surface area contributed by atoms with Crippen LogP contribution in [-0.4, -0.2) is 98.5 Å². The number of carbonyl (C=O) groups is 2. The van der Waals surface area contributed by atoms with Crippen LogP contribution in [0.3, 0.4) is 0 Å². The molecule has 12 nitrogen and oxygen atoms in total. The van der Waals surface area contributed by atoms with Crippen molar-refractivity contribution < 1.29 is 9.59 Å². The molecule has 0 N–H and O–H groups in total. The van der Waals surface area contributed by atoms with Crippen LogP contribution in [0.4, 0.5) is 0 Å². The van der Waals surface area contributed by atoms with Crippen molar-refractivity contribution in [1.29, 1.82) is 0 Å². The van der Waals surface area contributed by atoms with Crippen LogP contribution in [-0.2, 0) is 22.4 Å². The minimum Gasteiger partial charge on any atom is -0.338 e. The molecule has 52 heavy (non-hydrogen) atoms. The Kier molecular flexibility index (Phi) is 11.0. The molecule has 1 aliphatic heterocycles. The summed E-state index contributed by atoms with van der Waals surface area (Å²) in [5.74, 6) is 1.46. The van der Waals surface area contributed by atoms with Gasteiger partial charge in [0.1, 0.15) is 0 Å². The number of aromatic nitrogens is 8. The second-order valence-corrected chi connectivity index (χ2v) is 16.4. The van der Waals surface area contributed by atoms with Gasteiger partial charge in [-0.25, -0.2) is 19.0 Å². The van der Waals surface area contributed by atoms with E-state index in [1.807, 2.05) is 52.0 Å². The van der Waals surface area contributed by atoms with E-state index in [0.717, 1.165) is 55.7 Å². The van der Waals surface area contributed by atoms with Crippen molar-refractivity contribution in [3.63, 3.8) is 0 Å². The molecule has 0 unspecified atom stereocenters. The van der Waals surface area contributed by atoms with Crippen molar-refractivity contribution in [2.45, 2.75) is 50.8 Å². The van der Waals surface area contributed by atoms with E-state index >= 15 is 0 Å². The number of hydrogen-bond acceptors (Lipinski definition) is 10. The predicted molar refractivity (Wildman–Crippen MR) is 209 cm³/mol. The number of aryl methyl sites for hydroxylation is 4. The number of nitrogens with zero attached hydrogens (tertiary/aromatic N) is 10. The molecule has 16 heteroatoms. The molecule has 1 fully saturated rings. The summed E-state index contributed by atoms with van der Waals surface area (Å²) in [7, 11) is 0. The van der Waals surface area contributed by atoms with E-state index in [1.54, 1.807) is 18.8 Å². The first kappa shape index (κ1) is 36.5. The molecule has 0 radical (unpaired) electrons. The molecule has 4 aromatic heterocycles. The van der Waals surface area contributed by atoms with Gasteiger partial charge < -0.3 is 9.80 Å². The number of halogens is 2. The summed E-state index contributed by atoms with van der Waals surface area (Å²) in [6.45, 7) is 9.94. The van der Waals surface area contributed by atoms with Crippen LogP contribution in [0.5, 0.6) is 0 Å². The van der Waals surface area contributed by atoms with Gasteiger partial charge in [0.15, 0.2) is 0 Å². The fraction of sp³-hybridized carbons (Fsp3) is 0.333. The first-order chi connectivity index (χ1) is 25.0. The van der Waals surface area contributed by atoms with Gasteiger partial charge in [0.05, 0.1) is 11.5 Å². The van der Waals surface area contributed by atoms with Gasteiger partial charge in [-0.1, -0.05) is 79.6 Å². The van der Waals surface area contributed by atoms with Crippen LogP contribution in [0.1, 0.15) is 45.0 Å². The predicted octanol–water partition coefficient (Wildman–Crippen LogP) is 6.06. The second-order valence-electron chi connectivity index (χ2n) is 12.7. The standard InChI is InChI=1S/C36H36Br2N10O2S2/c1-21-29(17-25-5-9-27(37)10-6-25)23(3)47-33(39-21)41-35(43-47)51-19-31(49)45-13-15-46(16-14-45)32(50)20-52-36-42-34-40-22(2)30(24(4)48(34)44-36)18-26-7-11-28(38)12-8-26/h5-12H,13-20H2,1-4H3. The van der Waals surface area contributed by atoms with Crippen molar-refractivity contribution in [3.8, 4) is 0 Å². The Balaban J connectivity index is 0.903. The monoisotopic (exact) mass is 862 g/mol. The van der Waals surface area contributed by atoms with E-state index < -0.39 is 0 Å². The van der Waals surface area contributed by atoms with Crippen molar-refractivity contribution in [2.24, 2.45) is 0 Å². The summed E-state index contributed by atoms with van der Waals surface area (Å²) >= 11 is 9.60. The highest BCUT2D eigenvalue weighted by Gasteiger charge is 2.25. The molecule has 0 saturated carbocycles. The lowest BCUT2D eigenvalue weighted by Crippen LogP contribution is -2.51. The number of hydrogen-bond donors (Lipinski definition) is 0. The molecule has 268 valence electrons. The number of carbonyl (C=O) groups excluding carboxylic acids is 2. The minimum atomic E-state index is -0.00585. The lowest BCUT2D eigenvalue weighted by Gasteiger charge is -2.34. The van der Waals surface area contributed by atoms with E-state index in [9.17, 15) is 9.59 Å². The lowest BCUT2D eigenvalue weighted by atomic mass is 10.0. The molecule has 1 aliphatic rings. The van der Waals surface area contributed by atoms with Gasteiger partial charge in [-0.3, -0.25) is 9.59 Å². The quantitative estimate of drug-likeness (QED) is 0.150. The summed E-state index contributed by atoms with van der Waals surface area (Å²) in [5, 5.41) is 10.4. The molecule has 7 rings (SSSR count). The molecular formula is C36H36Br2N10O2S2. The van der Waals surface area contributed by atoms with Crippen LogP contribution in [0, 0.1) is 27.7 Å². The summed E-state index contributed by atoms with van der Waals surface area (Å²) < 4.78 is 5.61. The van der Waals surface area contributed by atoms with Crippen LogP contribution in [0.25, 0.3) is 11.6 Å². The number of amides is 2. The molecule has 5 heterocycles. The normalized spacial score (nSPS) is 13.4. The van der Waals surface area contributed by atoms with Crippen LogP contribution in [0.2, 0.25) is 0 Å². The Morgan fingerprint density at radius 2 is 0.962 bits per heavy atom. The van der Waals surface area contributed by atoms with E-state index in [0.29, 0.717) is 48.0 Å². The fourth-order valence-electron chi connectivity index (χ4n) is 6.27. The zero-order valence-electron chi connectivity index (χ0n) is 29.1. The van der Waals surface area contributed by atoms with Crippen LogP contribution >= 0.6 is 55.4 Å². The van der Waals surface area contributed by atoms with Gasteiger partial charge in [-0.2, -0.15) is 9.97 Å². The van der Waals surface area contributed by atoms with Gasteiger partial charge in [-0.15, -0.1) is 10.2 Å². The lowest BCUT2D eigenvalue weighted by molar-refractivity contribution is -0.136. The van der Waals surface area contributed by atoms with Crippen molar-refractivity contribution >= 4 is 78.8 Å². The summed E-state index contributed by atoms with van der Waals surface area (Å²) in [4.78, 5) is 48.5. The highest BCUT2D eigenvalue weighted by molar-refractivity contribution is 9.10. The molecule has 2 aromatic carbocycles. The number of benzene rings is 2. The molecule has 0 atom stereocenters. The zero-order valence-corrected chi connectivity index (χ0v) is 33.9. The molecule has 2 amide bonds. The number of fused-ring (bicyclic) bond motifs is 2. The summed E-state index contributed by atoms with van der Waals surface area (Å²) in [6, 6.07) is 16.5. The van der Waals surface area contributed by atoms with E-state index in [-0.39, 0.29) is 23.3 Å². The summed E-state index contributed by atoms with van der Waals surface area (Å²) in [5.41, 5.74) is 8.38. The number of rotatable bonds is 10. The first-order valence-electron chi connectivity index (χ1n) is 16.8. The topological polar surface area (TPSA) is 127 Å². The molecular weight excluding hydrogens is 828 g/mol. The SMILES string of the molecule is Cc1nc2nc(SCC(=O)N3CCN(C(=O)CSc4nc5nc(C)c(Cc6ccc(Br)cc6)c(C)n5n4)CC3)nn2c(C)c1Cc1ccc(Br)cc1. The Morgan fingerprint density at radius 3 is 1.33 bits per heavy atom. The van der Waals surface area contributed by atoms with Gasteiger partial charge in [0, 0.05) is 70.7 Å². The average molecular weight is 865 g/mol. The third-order valence-electron chi connectivity index (χ3n) is 9.28. The summed E-state index contributed by atoms with van der Waals surface area (Å²) in [6.07, 6.45) is 1.48. The molecule has 0 aliphatic carbocycles. The first-order valence-corrected chi connectivity index (χ1v) is 20.3. The largest absolute Gasteiger partial charge is 0.338 e. The highest BCUT2D eigenvalue weighted by Crippen LogP contribution is 2.24. The van der Waals surface area contributed by atoms with Gasteiger partial charge in [-0.05, 0) is 74.2 Å². The molecule has 6 aromatic rings.